The minimum atomic E-state index is 0.757. The third kappa shape index (κ3) is 4.10. The number of hydrogen-bond donors (Lipinski definition) is 0. The van der Waals surface area contributed by atoms with Gasteiger partial charge >= 0.3 is 0 Å². The molecule has 1 aliphatic carbocycles. The second-order valence-electron chi connectivity index (χ2n) is 9.77. The zero-order valence-electron chi connectivity index (χ0n) is 19.5. The van der Waals surface area contributed by atoms with Crippen molar-refractivity contribution < 1.29 is 4.74 Å². The summed E-state index contributed by atoms with van der Waals surface area (Å²) in [6, 6.07) is 18.2. The number of nitrogens with zero attached hydrogens (tertiary/aromatic N) is 3. The number of methoxy groups -OCH3 is 1. The molecule has 3 aliphatic rings. The van der Waals surface area contributed by atoms with E-state index in [0.717, 1.165) is 60.7 Å². The number of pyridine rings is 1. The fraction of sp³-hybridized carbons (Fsp3) is 0.464. The molecular weight excluding hydrogens is 426 g/mol. The highest BCUT2D eigenvalue weighted by Gasteiger charge is 2.35. The molecule has 0 N–H and O–H groups in total. The summed E-state index contributed by atoms with van der Waals surface area (Å²) in [4.78, 5) is 11.5. The van der Waals surface area contributed by atoms with Gasteiger partial charge in [-0.25, -0.2) is 0 Å². The number of ether oxygens (including phenoxy) is 1. The van der Waals surface area contributed by atoms with E-state index in [1.54, 1.807) is 12.7 Å². The summed E-state index contributed by atoms with van der Waals surface area (Å²) in [6.07, 6.45) is 7.38. The average molecular weight is 460 g/mol. The van der Waals surface area contributed by atoms with E-state index in [1.807, 2.05) is 12.3 Å². The number of aromatic nitrogens is 1. The number of fused-ring (bicyclic) bond motifs is 2. The molecule has 3 heterocycles. The Balaban J connectivity index is 1.08. The van der Waals surface area contributed by atoms with Gasteiger partial charge in [-0.1, -0.05) is 24.3 Å². The first-order valence-corrected chi connectivity index (χ1v) is 13.4. The summed E-state index contributed by atoms with van der Waals surface area (Å²) >= 11 is 2.07. The van der Waals surface area contributed by atoms with Crippen molar-refractivity contribution >= 4 is 28.4 Å². The normalized spacial score (nSPS) is 25.8. The lowest BCUT2D eigenvalue weighted by atomic mass is 9.76. The van der Waals surface area contributed by atoms with Crippen LogP contribution in [0, 0.1) is 5.92 Å². The van der Waals surface area contributed by atoms with Crippen LogP contribution in [-0.2, 0) is 0 Å². The van der Waals surface area contributed by atoms with Crippen LogP contribution in [0.5, 0.6) is 5.75 Å². The standard InChI is InChI=1S/C28H33N3OS/c1-32-23-17-21-5-4-12-29-28(21)26(18-23)31-15-13-30(14-16-31)22-10-8-20(9-11-22)25-19-33-27-7-3-2-6-24(25)27/h2-7,12,17-18,20,22,25H,8-11,13-16,19H2,1H3/t20-,22-,25?. The highest BCUT2D eigenvalue weighted by molar-refractivity contribution is 7.99. The van der Waals surface area contributed by atoms with E-state index in [0.29, 0.717) is 0 Å². The van der Waals surface area contributed by atoms with Crippen LogP contribution in [0.1, 0.15) is 37.2 Å². The van der Waals surface area contributed by atoms with E-state index in [2.05, 4.69) is 64.0 Å². The Morgan fingerprint density at radius 1 is 0.939 bits per heavy atom. The first-order chi connectivity index (χ1) is 16.3. The summed E-state index contributed by atoms with van der Waals surface area (Å²) in [7, 11) is 1.75. The van der Waals surface area contributed by atoms with Crippen LogP contribution in [0.25, 0.3) is 10.9 Å². The Morgan fingerprint density at radius 3 is 2.58 bits per heavy atom. The Bertz CT molecular complexity index is 1120. The number of thioether (sulfide) groups is 1. The van der Waals surface area contributed by atoms with Gasteiger partial charge in [0.2, 0.25) is 0 Å². The van der Waals surface area contributed by atoms with Crippen molar-refractivity contribution in [1.82, 2.24) is 9.88 Å². The maximum absolute atomic E-state index is 5.58. The lowest BCUT2D eigenvalue weighted by molar-refractivity contribution is 0.124. The predicted molar refractivity (Wildman–Crippen MR) is 138 cm³/mol. The Kier molecular flexibility index (Phi) is 5.93. The molecule has 33 heavy (non-hydrogen) atoms. The van der Waals surface area contributed by atoms with Crippen LogP contribution in [-0.4, -0.2) is 55.0 Å². The Morgan fingerprint density at radius 2 is 1.76 bits per heavy atom. The van der Waals surface area contributed by atoms with Crippen LogP contribution < -0.4 is 9.64 Å². The van der Waals surface area contributed by atoms with Gasteiger partial charge in [0.1, 0.15) is 5.75 Å². The SMILES string of the molecule is COc1cc(N2CCN([C@H]3CC[C@H](C4CSc5ccccc54)CC3)CC2)c2ncccc2c1. The van der Waals surface area contributed by atoms with E-state index >= 15 is 0 Å². The van der Waals surface area contributed by atoms with Crippen LogP contribution in [0.4, 0.5) is 5.69 Å². The zero-order chi connectivity index (χ0) is 22.2. The van der Waals surface area contributed by atoms with Crippen molar-refractivity contribution in [1.29, 1.82) is 0 Å². The lowest BCUT2D eigenvalue weighted by Crippen LogP contribution is -2.51. The lowest BCUT2D eigenvalue weighted by Gasteiger charge is -2.43. The number of piperazine rings is 1. The van der Waals surface area contributed by atoms with E-state index in [4.69, 9.17) is 9.72 Å². The molecule has 0 bridgehead atoms. The van der Waals surface area contributed by atoms with E-state index in [-0.39, 0.29) is 0 Å². The minimum Gasteiger partial charge on any atom is -0.497 e. The van der Waals surface area contributed by atoms with Crippen LogP contribution in [0.2, 0.25) is 0 Å². The summed E-state index contributed by atoms with van der Waals surface area (Å²) in [6.45, 7) is 4.41. The molecule has 1 saturated heterocycles. The van der Waals surface area contributed by atoms with Gasteiger partial charge in [-0.05, 0) is 61.3 Å². The van der Waals surface area contributed by atoms with Gasteiger partial charge < -0.3 is 9.64 Å². The van der Waals surface area contributed by atoms with E-state index in [1.165, 1.54) is 42.0 Å². The van der Waals surface area contributed by atoms with Crippen LogP contribution >= 0.6 is 11.8 Å². The molecule has 0 amide bonds. The van der Waals surface area contributed by atoms with Gasteiger partial charge in [-0.3, -0.25) is 9.88 Å². The summed E-state index contributed by atoms with van der Waals surface area (Å²) in [5, 5.41) is 1.15. The van der Waals surface area contributed by atoms with Crippen molar-refractivity contribution in [3.8, 4) is 5.75 Å². The average Bonchev–Trinajstić information content (AvgIpc) is 3.32. The predicted octanol–water partition coefficient (Wildman–Crippen LogP) is 5.81. The molecule has 1 atom stereocenters. The van der Waals surface area contributed by atoms with Crippen molar-refractivity contribution in [3.63, 3.8) is 0 Å². The number of benzene rings is 2. The maximum atomic E-state index is 5.58. The monoisotopic (exact) mass is 459 g/mol. The van der Waals surface area contributed by atoms with Crippen LogP contribution in [0.15, 0.2) is 59.6 Å². The maximum Gasteiger partial charge on any atom is 0.121 e. The first-order valence-electron chi connectivity index (χ1n) is 12.4. The second kappa shape index (κ2) is 9.19. The number of rotatable bonds is 4. The Labute approximate surface area is 201 Å². The van der Waals surface area contributed by atoms with Crippen molar-refractivity contribution in [3.05, 3.63) is 60.3 Å². The topological polar surface area (TPSA) is 28.6 Å². The zero-order valence-corrected chi connectivity index (χ0v) is 20.3. The third-order valence-corrected chi connectivity index (χ3v) is 9.32. The largest absolute Gasteiger partial charge is 0.497 e. The van der Waals surface area contributed by atoms with Gasteiger partial charge in [0.15, 0.2) is 0 Å². The molecule has 0 radical (unpaired) electrons. The molecule has 2 aliphatic heterocycles. The molecule has 0 spiro atoms. The highest BCUT2D eigenvalue weighted by Crippen LogP contribution is 2.47. The smallest absolute Gasteiger partial charge is 0.121 e. The first kappa shape index (κ1) is 21.3. The summed E-state index contributed by atoms with van der Waals surface area (Å²) in [5.41, 5.74) is 3.92. The fourth-order valence-electron chi connectivity index (χ4n) is 6.28. The molecule has 3 aromatic rings. The molecule has 1 aromatic heterocycles. The molecule has 5 heteroatoms. The van der Waals surface area contributed by atoms with Crippen molar-refractivity contribution in [2.75, 3.05) is 43.9 Å². The van der Waals surface area contributed by atoms with Gasteiger partial charge in [0.25, 0.3) is 0 Å². The van der Waals surface area contributed by atoms with E-state index < -0.39 is 0 Å². The number of anilines is 1. The fourth-order valence-corrected chi connectivity index (χ4v) is 7.65. The summed E-state index contributed by atoms with van der Waals surface area (Å²) < 4.78 is 5.58. The molecule has 2 aromatic carbocycles. The molecule has 1 saturated carbocycles. The summed E-state index contributed by atoms with van der Waals surface area (Å²) in [5.74, 6) is 3.85. The van der Waals surface area contributed by atoms with Gasteiger partial charge in [-0.2, -0.15) is 0 Å². The Hall–Kier alpha value is -2.24. The van der Waals surface area contributed by atoms with E-state index in [9.17, 15) is 0 Å². The van der Waals surface area contributed by atoms with Gasteiger partial charge in [0.05, 0.1) is 18.3 Å². The minimum absolute atomic E-state index is 0.757. The highest BCUT2D eigenvalue weighted by atomic mass is 32.2. The number of hydrogen-bond acceptors (Lipinski definition) is 5. The molecule has 1 unspecified atom stereocenters. The van der Waals surface area contributed by atoms with Crippen molar-refractivity contribution in [2.45, 2.75) is 42.5 Å². The molecule has 172 valence electrons. The molecule has 2 fully saturated rings. The quantitative estimate of drug-likeness (QED) is 0.491. The van der Waals surface area contributed by atoms with Gasteiger partial charge in [0, 0.05) is 60.5 Å². The molecular formula is C28H33N3OS. The third-order valence-electron chi connectivity index (χ3n) is 8.11. The second-order valence-corrected chi connectivity index (χ2v) is 10.8. The van der Waals surface area contributed by atoms with Gasteiger partial charge in [-0.15, -0.1) is 11.8 Å². The molecule has 6 rings (SSSR count). The van der Waals surface area contributed by atoms with Crippen molar-refractivity contribution in [2.24, 2.45) is 5.92 Å². The van der Waals surface area contributed by atoms with Crippen LogP contribution in [0.3, 0.4) is 0 Å². The molecule has 4 nitrogen and oxygen atoms in total.